The van der Waals surface area contributed by atoms with Crippen LogP contribution in [0.3, 0.4) is 0 Å². The molecule has 20 heavy (non-hydrogen) atoms. The fourth-order valence-electron chi connectivity index (χ4n) is 2.67. The molecule has 0 saturated carbocycles. The average molecular weight is 276 g/mol. The van der Waals surface area contributed by atoms with Crippen molar-refractivity contribution in [1.82, 2.24) is 9.78 Å². The Hall–Kier alpha value is -2.44. The van der Waals surface area contributed by atoms with Gasteiger partial charge >= 0.3 is 0 Å². The summed E-state index contributed by atoms with van der Waals surface area (Å²) in [6, 6.07) is 3.77. The first-order valence-corrected chi connectivity index (χ1v) is 6.39. The second-order valence-corrected chi connectivity index (χ2v) is 4.79. The van der Waals surface area contributed by atoms with E-state index in [-0.39, 0.29) is 11.4 Å². The number of nitro groups is 1. The molecule has 2 aromatic rings. The Bertz CT molecular complexity index is 696. The summed E-state index contributed by atoms with van der Waals surface area (Å²) in [5.74, 6) is -0.340. The lowest BCUT2D eigenvalue weighted by atomic mass is 9.97. The number of aromatic nitrogens is 2. The molecule has 0 unspecified atom stereocenters. The van der Waals surface area contributed by atoms with Crippen molar-refractivity contribution >= 4 is 11.5 Å². The number of hydrogen-bond donors (Lipinski definition) is 1. The molecule has 0 saturated heterocycles. The minimum Gasteiger partial charge on any atom is -0.382 e. The van der Waals surface area contributed by atoms with E-state index in [1.807, 2.05) is 0 Å². The highest BCUT2D eigenvalue weighted by Crippen LogP contribution is 2.32. The van der Waals surface area contributed by atoms with Gasteiger partial charge in [-0.1, -0.05) is 6.07 Å². The van der Waals surface area contributed by atoms with Crippen molar-refractivity contribution in [2.24, 2.45) is 0 Å². The van der Waals surface area contributed by atoms with Crippen molar-refractivity contribution in [3.63, 3.8) is 0 Å². The Morgan fingerprint density at radius 1 is 1.35 bits per heavy atom. The van der Waals surface area contributed by atoms with E-state index in [1.54, 1.807) is 0 Å². The summed E-state index contributed by atoms with van der Waals surface area (Å²) in [5, 5.41) is 15.2. The van der Waals surface area contributed by atoms with Crippen molar-refractivity contribution in [1.29, 1.82) is 0 Å². The van der Waals surface area contributed by atoms with Gasteiger partial charge in [0.15, 0.2) is 11.5 Å². The normalized spacial score (nSPS) is 14.1. The number of halogens is 1. The van der Waals surface area contributed by atoms with Crippen LogP contribution in [0.15, 0.2) is 18.2 Å². The Morgan fingerprint density at radius 2 is 2.10 bits per heavy atom. The van der Waals surface area contributed by atoms with E-state index < -0.39 is 10.7 Å². The number of anilines is 1. The topological polar surface area (TPSA) is 87.0 Å². The first kappa shape index (κ1) is 12.6. The number of para-hydroxylation sites is 1. The lowest BCUT2D eigenvalue weighted by Gasteiger charge is -2.14. The van der Waals surface area contributed by atoms with Crippen molar-refractivity contribution in [2.45, 2.75) is 25.7 Å². The third kappa shape index (κ3) is 1.82. The molecule has 0 amide bonds. The van der Waals surface area contributed by atoms with Gasteiger partial charge in [0.1, 0.15) is 5.82 Å². The van der Waals surface area contributed by atoms with Gasteiger partial charge in [0, 0.05) is 11.6 Å². The molecule has 0 atom stereocenters. The van der Waals surface area contributed by atoms with Crippen LogP contribution in [0.5, 0.6) is 0 Å². The van der Waals surface area contributed by atoms with Gasteiger partial charge in [-0.05, 0) is 31.7 Å². The van der Waals surface area contributed by atoms with Crippen LogP contribution in [-0.2, 0) is 12.8 Å². The fourth-order valence-corrected chi connectivity index (χ4v) is 2.67. The molecule has 3 rings (SSSR count). The molecule has 2 N–H and O–H groups in total. The summed E-state index contributed by atoms with van der Waals surface area (Å²) in [5.41, 5.74) is 7.08. The maximum Gasteiger partial charge on any atom is 0.297 e. The van der Waals surface area contributed by atoms with Crippen LogP contribution in [0.1, 0.15) is 24.1 Å². The molecular weight excluding hydrogens is 263 g/mol. The molecule has 1 aliphatic rings. The maximum atomic E-state index is 14.1. The highest BCUT2D eigenvalue weighted by molar-refractivity contribution is 5.56. The number of nitrogens with two attached hydrogens (primary N) is 1. The summed E-state index contributed by atoms with van der Waals surface area (Å²) in [6.07, 6.45) is 3.43. The zero-order valence-corrected chi connectivity index (χ0v) is 10.7. The van der Waals surface area contributed by atoms with E-state index in [4.69, 9.17) is 5.73 Å². The lowest BCUT2D eigenvalue weighted by Crippen LogP contribution is -2.11. The van der Waals surface area contributed by atoms with Crippen molar-refractivity contribution in [3.8, 4) is 5.69 Å². The van der Waals surface area contributed by atoms with E-state index in [0.717, 1.165) is 30.5 Å². The summed E-state index contributed by atoms with van der Waals surface area (Å²) in [4.78, 5) is 10.5. The van der Waals surface area contributed by atoms with Gasteiger partial charge in [-0.15, -0.1) is 5.10 Å². The van der Waals surface area contributed by atoms with Gasteiger partial charge in [0.2, 0.25) is 0 Å². The van der Waals surface area contributed by atoms with Crippen LogP contribution in [0.4, 0.5) is 15.9 Å². The van der Waals surface area contributed by atoms with Crippen molar-refractivity contribution in [3.05, 3.63) is 45.4 Å². The van der Waals surface area contributed by atoms with Gasteiger partial charge in [0.25, 0.3) is 5.69 Å². The first-order valence-electron chi connectivity index (χ1n) is 6.39. The Labute approximate surface area is 114 Å². The zero-order valence-electron chi connectivity index (χ0n) is 10.7. The molecule has 7 heteroatoms. The highest BCUT2D eigenvalue weighted by Gasteiger charge is 2.26. The first-order chi connectivity index (χ1) is 9.59. The van der Waals surface area contributed by atoms with Crippen LogP contribution < -0.4 is 5.73 Å². The molecule has 0 bridgehead atoms. The van der Waals surface area contributed by atoms with E-state index in [1.165, 1.54) is 22.9 Å². The molecule has 1 aromatic heterocycles. The molecule has 1 heterocycles. The SMILES string of the molecule is Nc1nn(-c2c(F)cccc2[N+](=O)[O-])c2c1CCCC2. The van der Waals surface area contributed by atoms with Crippen LogP contribution >= 0.6 is 0 Å². The number of nitrogen functional groups attached to an aromatic ring is 1. The number of fused-ring (bicyclic) bond motifs is 1. The second-order valence-electron chi connectivity index (χ2n) is 4.79. The van der Waals surface area contributed by atoms with Gasteiger partial charge in [-0.25, -0.2) is 9.07 Å². The summed E-state index contributed by atoms with van der Waals surface area (Å²) in [6.45, 7) is 0. The minimum atomic E-state index is -0.671. The van der Waals surface area contributed by atoms with Gasteiger partial charge < -0.3 is 5.73 Å². The molecule has 0 radical (unpaired) electrons. The Morgan fingerprint density at radius 3 is 2.85 bits per heavy atom. The third-order valence-corrected chi connectivity index (χ3v) is 3.59. The average Bonchev–Trinajstić information content (AvgIpc) is 2.76. The number of hydrogen-bond acceptors (Lipinski definition) is 4. The molecule has 0 fully saturated rings. The summed E-state index contributed by atoms with van der Waals surface area (Å²) >= 11 is 0. The molecule has 1 aliphatic carbocycles. The van der Waals surface area contributed by atoms with Crippen LogP contribution in [0.2, 0.25) is 0 Å². The Kier molecular flexibility index (Phi) is 2.89. The third-order valence-electron chi connectivity index (χ3n) is 3.59. The standard InChI is InChI=1S/C13H13FN4O2/c14-9-5-3-7-11(18(19)20)12(9)17-10-6-2-1-4-8(10)13(15)16-17/h3,5,7H,1-2,4,6H2,(H2,15,16). The van der Waals surface area contributed by atoms with Crippen molar-refractivity contribution in [2.75, 3.05) is 5.73 Å². The molecule has 1 aromatic carbocycles. The van der Waals surface area contributed by atoms with Crippen LogP contribution in [0, 0.1) is 15.9 Å². The number of benzene rings is 1. The van der Waals surface area contributed by atoms with Crippen LogP contribution in [0.25, 0.3) is 5.69 Å². The maximum absolute atomic E-state index is 14.1. The Balaban J connectivity index is 2.27. The lowest BCUT2D eigenvalue weighted by molar-refractivity contribution is -0.384. The fraction of sp³-hybridized carbons (Fsp3) is 0.308. The zero-order chi connectivity index (χ0) is 14.3. The molecule has 0 spiro atoms. The molecular formula is C13H13FN4O2. The monoisotopic (exact) mass is 276 g/mol. The predicted octanol–water partition coefficient (Wildman–Crippen LogP) is 2.38. The van der Waals surface area contributed by atoms with E-state index >= 15 is 0 Å². The summed E-state index contributed by atoms with van der Waals surface area (Å²) in [7, 11) is 0. The summed E-state index contributed by atoms with van der Waals surface area (Å²) < 4.78 is 15.4. The van der Waals surface area contributed by atoms with Crippen molar-refractivity contribution < 1.29 is 9.31 Å². The molecule has 0 aliphatic heterocycles. The van der Waals surface area contributed by atoms with E-state index in [0.29, 0.717) is 12.2 Å². The molecule has 6 nitrogen and oxygen atoms in total. The minimum absolute atomic E-state index is 0.132. The van der Waals surface area contributed by atoms with Gasteiger partial charge in [-0.3, -0.25) is 10.1 Å². The van der Waals surface area contributed by atoms with E-state index in [2.05, 4.69) is 5.10 Å². The number of rotatable bonds is 2. The number of nitro benzene ring substituents is 1. The number of nitrogens with zero attached hydrogens (tertiary/aromatic N) is 3. The van der Waals surface area contributed by atoms with Crippen LogP contribution in [-0.4, -0.2) is 14.7 Å². The highest BCUT2D eigenvalue weighted by atomic mass is 19.1. The largest absolute Gasteiger partial charge is 0.382 e. The second kappa shape index (κ2) is 4.59. The van der Waals surface area contributed by atoms with Gasteiger partial charge in [-0.2, -0.15) is 0 Å². The van der Waals surface area contributed by atoms with E-state index in [9.17, 15) is 14.5 Å². The smallest absolute Gasteiger partial charge is 0.297 e. The predicted molar refractivity (Wildman–Crippen MR) is 71.2 cm³/mol. The quantitative estimate of drug-likeness (QED) is 0.673. The molecule has 104 valence electrons. The van der Waals surface area contributed by atoms with Gasteiger partial charge in [0.05, 0.1) is 10.6 Å².